The van der Waals surface area contributed by atoms with Crippen molar-refractivity contribution in [3.8, 4) is 0 Å². The van der Waals surface area contributed by atoms with E-state index in [0.717, 1.165) is 12.0 Å². The highest BCUT2D eigenvalue weighted by Gasteiger charge is 2.34. The standard InChI is InChI=1S/C14H23N3S/c1-10(15)13-9-16-14(18-13)17-8-4-6-11-5-2-3-7-12(11)17/h9-12H,2-8,15H2,1H3/t10?,11-,12-/m1/s1. The molecule has 2 fully saturated rings. The van der Waals surface area contributed by atoms with Crippen LogP contribution in [0.2, 0.25) is 0 Å². The third kappa shape index (κ3) is 2.28. The maximum Gasteiger partial charge on any atom is 0.185 e. The fourth-order valence-corrected chi connectivity index (χ4v) is 4.43. The van der Waals surface area contributed by atoms with Crippen LogP contribution >= 0.6 is 11.3 Å². The topological polar surface area (TPSA) is 42.1 Å². The summed E-state index contributed by atoms with van der Waals surface area (Å²) >= 11 is 1.79. The number of anilines is 1. The molecule has 2 aliphatic rings. The molecule has 0 amide bonds. The van der Waals surface area contributed by atoms with Crippen LogP contribution in [0.25, 0.3) is 0 Å². The highest BCUT2D eigenvalue weighted by molar-refractivity contribution is 7.15. The third-order valence-corrected chi connectivity index (χ3v) is 5.68. The SMILES string of the molecule is CC(N)c1cnc(N2CCC[C@H]3CCCC[C@H]32)s1. The Bertz CT molecular complexity index is 399. The van der Waals surface area contributed by atoms with Gasteiger partial charge in [0.25, 0.3) is 0 Å². The van der Waals surface area contributed by atoms with Crippen molar-refractivity contribution in [3.63, 3.8) is 0 Å². The molecule has 2 heterocycles. The van der Waals surface area contributed by atoms with E-state index < -0.39 is 0 Å². The lowest BCUT2D eigenvalue weighted by Gasteiger charge is -2.44. The van der Waals surface area contributed by atoms with E-state index in [1.165, 1.54) is 55.1 Å². The summed E-state index contributed by atoms with van der Waals surface area (Å²) in [7, 11) is 0. The van der Waals surface area contributed by atoms with Gasteiger partial charge in [-0.05, 0) is 38.5 Å². The second-order valence-corrected chi connectivity index (χ2v) is 6.82. The number of aromatic nitrogens is 1. The van der Waals surface area contributed by atoms with Gasteiger partial charge in [-0.25, -0.2) is 4.98 Å². The van der Waals surface area contributed by atoms with Gasteiger partial charge >= 0.3 is 0 Å². The van der Waals surface area contributed by atoms with E-state index in [9.17, 15) is 0 Å². The van der Waals surface area contributed by atoms with Gasteiger partial charge in [-0.1, -0.05) is 12.8 Å². The van der Waals surface area contributed by atoms with E-state index in [1.54, 1.807) is 11.3 Å². The van der Waals surface area contributed by atoms with Crippen LogP contribution in [0, 0.1) is 5.92 Å². The highest BCUT2D eigenvalue weighted by atomic mass is 32.1. The molecule has 1 aliphatic carbocycles. The van der Waals surface area contributed by atoms with Gasteiger partial charge in [0.05, 0.1) is 0 Å². The van der Waals surface area contributed by atoms with E-state index in [-0.39, 0.29) is 6.04 Å². The predicted octanol–water partition coefficient (Wildman–Crippen LogP) is 3.32. The molecule has 1 saturated heterocycles. The lowest BCUT2D eigenvalue weighted by Crippen LogP contribution is -2.46. The molecule has 1 aromatic heterocycles. The Morgan fingerprint density at radius 2 is 2.11 bits per heavy atom. The number of fused-ring (bicyclic) bond motifs is 1. The van der Waals surface area contributed by atoms with E-state index in [1.807, 2.05) is 13.1 Å². The van der Waals surface area contributed by atoms with Gasteiger partial charge in [-0.3, -0.25) is 0 Å². The molecule has 3 nitrogen and oxygen atoms in total. The van der Waals surface area contributed by atoms with Crippen LogP contribution in [0.1, 0.15) is 56.4 Å². The molecule has 3 atom stereocenters. The number of rotatable bonds is 2. The Kier molecular flexibility index (Phi) is 3.57. The zero-order valence-electron chi connectivity index (χ0n) is 11.1. The molecule has 0 spiro atoms. The molecule has 100 valence electrons. The number of hydrogen-bond acceptors (Lipinski definition) is 4. The van der Waals surface area contributed by atoms with Gasteiger partial charge in [-0.15, -0.1) is 11.3 Å². The van der Waals surface area contributed by atoms with Gasteiger partial charge in [0.2, 0.25) is 0 Å². The van der Waals surface area contributed by atoms with Crippen molar-refractivity contribution < 1.29 is 0 Å². The van der Waals surface area contributed by atoms with Crippen LogP contribution in [-0.4, -0.2) is 17.6 Å². The van der Waals surface area contributed by atoms with Crippen LogP contribution in [0.5, 0.6) is 0 Å². The number of piperidine rings is 1. The molecule has 1 aliphatic heterocycles. The summed E-state index contributed by atoms with van der Waals surface area (Å²) in [5, 5.41) is 1.21. The summed E-state index contributed by atoms with van der Waals surface area (Å²) in [6.45, 7) is 3.23. The molecule has 0 aromatic carbocycles. The van der Waals surface area contributed by atoms with Gasteiger partial charge in [0.15, 0.2) is 5.13 Å². The summed E-state index contributed by atoms with van der Waals surface area (Å²) in [6.07, 6.45) is 10.3. The molecule has 2 N–H and O–H groups in total. The largest absolute Gasteiger partial charge is 0.345 e. The van der Waals surface area contributed by atoms with Gasteiger partial charge in [-0.2, -0.15) is 0 Å². The summed E-state index contributed by atoms with van der Waals surface area (Å²) < 4.78 is 0. The molecule has 1 unspecified atom stereocenters. The van der Waals surface area contributed by atoms with Crippen LogP contribution in [-0.2, 0) is 0 Å². The van der Waals surface area contributed by atoms with Crippen LogP contribution < -0.4 is 10.6 Å². The molecule has 3 rings (SSSR count). The minimum atomic E-state index is 0.114. The average Bonchev–Trinajstić information content (AvgIpc) is 2.87. The van der Waals surface area contributed by atoms with Gasteiger partial charge in [0.1, 0.15) is 0 Å². The first-order valence-electron chi connectivity index (χ1n) is 7.23. The quantitative estimate of drug-likeness (QED) is 0.892. The van der Waals surface area contributed by atoms with Crippen molar-refractivity contribution in [1.82, 2.24) is 4.98 Å². The Labute approximate surface area is 113 Å². The highest BCUT2D eigenvalue weighted by Crippen LogP contribution is 2.39. The van der Waals surface area contributed by atoms with Crippen molar-refractivity contribution in [3.05, 3.63) is 11.1 Å². The van der Waals surface area contributed by atoms with Gasteiger partial charge < -0.3 is 10.6 Å². The van der Waals surface area contributed by atoms with Crippen molar-refractivity contribution >= 4 is 16.5 Å². The van der Waals surface area contributed by atoms with Crippen molar-refractivity contribution in [2.75, 3.05) is 11.4 Å². The zero-order chi connectivity index (χ0) is 12.5. The third-order valence-electron chi connectivity index (χ3n) is 4.45. The molecule has 18 heavy (non-hydrogen) atoms. The van der Waals surface area contributed by atoms with Crippen molar-refractivity contribution in [1.29, 1.82) is 0 Å². The first kappa shape index (κ1) is 12.4. The second-order valence-electron chi connectivity index (χ2n) is 5.78. The molecule has 1 saturated carbocycles. The summed E-state index contributed by atoms with van der Waals surface area (Å²) in [5.74, 6) is 0.912. The maximum atomic E-state index is 5.94. The fraction of sp³-hybridized carbons (Fsp3) is 0.786. The minimum Gasteiger partial charge on any atom is -0.345 e. The summed E-state index contributed by atoms with van der Waals surface area (Å²) in [5.41, 5.74) is 5.94. The van der Waals surface area contributed by atoms with Crippen LogP contribution in [0.3, 0.4) is 0 Å². The van der Waals surface area contributed by atoms with Crippen LogP contribution in [0.15, 0.2) is 6.20 Å². The van der Waals surface area contributed by atoms with E-state index in [2.05, 4.69) is 9.88 Å². The lowest BCUT2D eigenvalue weighted by molar-refractivity contribution is 0.243. The average molecular weight is 265 g/mol. The van der Waals surface area contributed by atoms with Crippen molar-refractivity contribution in [2.24, 2.45) is 11.7 Å². The molecule has 0 radical (unpaired) electrons. The van der Waals surface area contributed by atoms with Crippen LogP contribution in [0.4, 0.5) is 5.13 Å². The number of nitrogens with zero attached hydrogens (tertiary/aromatic N) is 2. The number of thiazole rings is 1. The first-order chi connectivity index (χ1) is 8.75. The van der Waals surface area contributed by atoms with E-state index in [0.29, 0.717) is 0 Å². The second kappa shape index (κ2) is 5.17. The maximum absolute atomic E-state index is 5.94. The summed E-state index contributed by atoms with van der Waals surface area (Å²) in [6, 6.07) is 0.864. The molecule has 0 bridgehead atoms. The van der Waals surface area contributed by atoms with Gasteiger partial charge in [0, 0.05) is 29.7 Å². The molecular formula is C14H23N3S. The van der Waals surface area contributed by atoms with E-state index >= 15 is 0 Å². The number of nitrogens with two attached hydrogens (primary N) is 1. The Morgan fingerprint density at radius 1 is 1.33 bits per heavy atom. The number of hydrogen-bond donors (Lipinski definition) is 1. The van der Waals surface area contributed by atoms with Crippen molar-refractivity contribution in [2.45, 2.75) is 57.5 Å². The Hall–Kier alpha value is -0.610. The monoisotopic (exact) mass is 265 g/mol. The molecule has 1 aromatic rings. The first-order valence-corrected chi connectivity index (χ1v) is 8.05. The lowest BCUT2D eigenvalue weighted by atomic mass is 9.78. The molecule has 4 heteroatoms. The Balaban J connectivity index is 1.80. The fourth-order valence-electron chi connectivity index (χ4n) is 3.48. The van der Waals surface area contributed by atoms with E-state index in [4.69, 9.17) is 5.73 Å². The summed E-state index contributed by atoms with van der Waals surface area (Å²) in [4.78, 5) is 8.40. The smallest absolute Gasteiger partial charge is 0.185 e. The normalized spacial score (nSPS) is 30.0. The molecular weight excluding hydrogens is 242 g/mol. The predicted molar refractivity (Wildman–Crippen MR) is 77.0 cm³/mol. The minimum absolute atomic E-state index is 0.114. The zero-order valence-corrected chi connectivity index (χ0v) is 12.0. The Morgan fingerprint density at radius 3 is 2.89 bits per heavy atom.